The SMILES string of the molecule is O=C(CCCCNC(=O)OCC1c2ccccc2-c2ccccc21)N[C@H](CCO)C(=O)O. The van der Waals surface area contributed by atoms with E-state index in [0.29, 0.717) is 19.4 Å². The molecular weight excluding hydrogens is 412 g/mol. The highest BCUT2D eigenvalue weighted by Crippen LogP contribution is 2.44. The normalized spacial score (nSPS) is 13.0. The Labute approximate surface area is 186 Å². The second-order valence-corrected chi connectivity index (χ2v) is 7.68. The number of carboxylic acids is 1. The second kappa shape index (κ2) is 11.3. The van der Waals surface area contributed by atoms with Crippen LogP contribution in [0.2, 0.25) is 0 Å². The summed E-state index contributed by atoms with van der Waals surface area (Å²) in [5.41, 5.74) is 4.63. The van der Waals surface area contributed by atoms with Crippen molar-refractivity contribution in [3.8, 4) is 11.1 Å². The summed E-state index contributed by atoms with van der Waals surface area (Å²) >= 11 is 0. The molecule has 4 N–H and O–H groups in total. The van der Waals surface area contributed by atoms with E-state index in [4.69, 9.17) is 14.9 Å². The summed E-state index contributed by atoms with van der Waals surface area (Å²) in [4.78, 5) is 34.9. The molecule has 8 heteroatoms. The minimum Gasteiger partial charge on any atom is -0.480 e. The van der Waals surface area contributed by atoms with Crippen molar-refractivity contribution in [2.75, 3.05) is 19.8 Å². The summed E-state index contributed by atoms with van der Waals surface area (Å²) in [6, 6.07) is 15.1. The van der Waals surface area contributed by atoms with Crippen LogP contribution in [0.5, 0.6) is 0 Å². The third-order valence-corrected chi connectivity index (χ3v) is 5.49. The number of benzene rings is 2. The number of hydrogen-bond donors (Lipinski definition) is 4. The van der Waals surface area contributed by atoms with Gasteiger partial charge in [0, 0.05) is 31.9 Å². The molecule has 1 aliphatic rings. The van der Waals surface area contributed by atoms with Crippen molar-refractivity contribution in [2.45, 2.75) is 37.6 Å². The predicted octanol–water partition coefficient (Wildman–Crippen LogP) is 2.65. The first-order valence-electron chi connectivity index (χ1n) is 10.7. The lowest BCUT2D eigenvalue weighted by atomic mass is 9.98. The predicted molar refractivity (Wildman–Crippen MR) is 118 cm³/mol. The van der Waals surface area contributed by atoms with Crippen molar-refractivity contribution in [2.24, 2.45) is 0 Å². The van der Waals surface area contributed by atoms with Crippen LogP contribution in [-0.2, 0) is 14.3 Å². The van der Waals surface area contributed by atoms with Crippen LogP contribution in [0.1, 0.15) is 42.7 Å². The van der Waals surface area contributed by atoms with Gasteiger partial charge in [-0.05, 0) is 35.1 Å². The van der Waals surface area contributed by atoms with Crippen LogP contribution >= 0.6 is 0 Å². The monoisotopic (exact) mass is 440 g/mol. The van der Waals surface area contributed by atoms with Gasteiger partial charge in [0.25, 0.3) is 0 Å². The van der Waals surface area contributed by atoms with Crippen LogP contribution in [-0.4, -0.2) is 54.0 Å². The molecular formula is C24H28N2O6. The van der Waals surface area contributed by atoms with Crippen molar-refractivity contribution in [1.82, 2.24) is 10.6 Å². The van der Waals surface area contributed by atoms with E-state index in [0.717, 1.165) is 11.1 Å². The molecule has 0 spiro atoms. The van der Waals surface area contributed by atoms with Crippen molar-refractivity contribution in [3.63, 3.8) is 0 Å². The topological polar surface area (TPSA) is 125 Å². The van der Waals surface area contributed by atoms with Crippen LogP contribution in [0.25, 0.3) is 11.1 Å². The minimum absolute atomic E-state index is 0.00190. The Hall–Kier alpha value is -3.39. The van der Waals surface area contributed by atoms with E-state index in [1.807, 2.05) is 24.3 Å². The van der Waals surface area contributed by atoms with E-state index in [2.05, 4.69) is 34.9 Å². The van der Waals surface area contributed by atoms with E-state index < -0.39 is 24.0 Å². The van der Waals surface area contributed by atoms with E-state index in [1.165, 1.54) is 11.1 Å². The molecule has 2 aromatic rings. The largest absolute Gasteiger partial charge is 0.480 e. The van der Waals surface area contributed by atoms with Crippen molar-refractivity contribution in [3.05, 3.63) is 59.7 Å². The number of alkyl carbamates (subject to hydrolysis) is 1. The number of carboxylic acid groups (broad SMARTS) is 1. The fraction of sp³-hybridized carbons (Fsp3) is 0.375. The number of hydrogen-bond acceptors (Lipinski definition) is 5. The summed E-state index contributed by atoms with van der Waals surface area (Å²) in [5.74, 6) is -1.57. The molecule has 0 unspecified atom stereocenters. The number of amides is 2. The standard InChI is InChI=1S/C24H28N2O6/c27-14-12-21(23(29)30)26-22(28)11-5-6-13-25-24(31)32-15-20-18-9-3-1-7-16(18)17-8-2-4-10-19(17)20/h1-4,7-10,20-21,27H,5-6,11-15H2,(H,25,31)(H,26,28)(H,29,30)/t21-/m1/s1. The second-order valence-electron chi connectivity index (χ2n) is 7.68. The molecule has 2 amide bonds. The first-order valence-corrected chi connectivity index (χ1v) is 10.7. The Bertz CT molecular complexity index is 916. The first kappa shape index (κ1) is 23.3. The third kappa shape index (κ3) is 5.85. The van der Waals surface area contributed by atoms with Gasteiger partial charge in [0.15, 0.2) is 0 Å². The van der Waals surface area contributed by atoms with Gasteiger partial charge in [-0.2, -0.15) is 0 Å². The maximum absolute atomic E-state index is 12.1. The van der Waals surface area contributed by atoms with Gasteiger partial charge in [-0.25, -0.2) is 9.59 Å². The minimum atomic E-state index is -1.18. The zero-order valence-corrected chi connectivity index (χ0v) is 17.8. The van der Waals surface area contributed by atoms with Crippen LogP contribution < -0.4 is 10.6 Å². The zero-order chi connectivity index (χ0) is 22.9. The van der Waals surface area contributed by atoms with Crippen LogP contribution in [0.4, 0.5) is 4.79 Å². The number of aliphatic hydroxyl groups is 1. The van der Waals surface area contributed by atoms with Crippen molar-refractivity contribution < 1.29 is 29.3 Å². The van der Waals surface area contributed by atoms with Gasteiger partial charge in [0.1, 0.15) is 12.6 Å². The zero-order valence-electron chi connectivity index (χ0n) is 17.8. The third-order valence-electron chi connectivity index (χ3n) is 5.49. The molecule has 0 saturated heterocycles. The lowest BCUT2D eigenvalue weighted by Crippen LogP contribution is -2.41. The van der Waals surface area contributed by atoms with Crippen molar-refractivity contribution >= 4 is 18.0 Å². The Morgan fingerprint density at radius 3 is 2.19 bits per heavy atom. The van der Waals surface area contributed by atoms with Gasteiger partial charge in [-0.3, -0.25) is 4.79 Å². The van der Waals surface area contributed by atoms with Gasteiger partial charge in [-0.1, -0.05) is 48.5 Å². The molecule has 1 atom stereocenters. The van der Waals surface area contributed by atoms with Gasteiger partial charge >= 0.3 is 12.1 Å². The van der Waals surface area contributed by atoms with E-state index in [9.17, 15) is 14.4 Å². The molecule has 3 rings (SSSR count). The Balaban J connectivity index is 1.38. The van der Waals surface area contributed by atoms with Crippen LogP contribution in [0.3, 0.4) is 0 Å². The maximum Gasteiger partial charge on any atom is 0.407 e. The fourth-order valence-corrected chi connectivity index (χ4v) is 3.90. The molecule has 170 valence electrons. The molecule has 0 fully saturated rings. The van der Waals surface area contributed by atoms with Crippen LogP contribution in [0.15, 0.2) is 48.5 Å². The molecule has 1 aliphatic carbocycles. The molecule has 0 saturated carbocycles. The number of fused-ring (bicyclic) bond motifs is 3. The first-order chi connectivity index (χ1) is 15.5. The van der Waals surface area contributed by atoms with Gasteiger partial charge in [-0.15, -0.1) is 0 Å². The number of ether oxygens (including phenoxy) is 1. The number of rotatable bonds is 11. The molecule has 0 bridgehead atoms. The summed E-state index contributed by atoms with van der Waals surface area (Å²) in [7, 11) is 0. The fourth-order valence-electron chi connectivity index (χ4n) is 3.90. The smallest absolute Gasteiger partial charge is 0.407 e. The Kier molecular flexibility index (Phi) is 8.21. The molecule has 0 aliphatic heterocycles. The molecule has 0 aromatic heterocycles. The van der Waals surface area contributed by atoms with E-state index in [1.54, 1.807) is 0 Å². The number of carbonyl (C=O) groups excluding carboxylic acids is 2. The molecule has 32 heavy (non-hydrogen) atoms. The highest BCUT2D eigenvalue weighted by Gasteiger charge is 2.28. The van der Waals surface area contributed by atoms with E-state index >= 15 is 0 Å². The number of nitrogens with one attached hydrogen (secondary N) is 2. The number of carbonyl (C=O) groups is 3. The molecule has 0 radical (unpaired) electrons. The van der Waals surface area contributed by atoms with E-state index in [-0.39, 0.29) is 32.0 Å². The summed E-state index contributed by atoms with van der Waals surface area (Å²) in [5, 5.41) is 22.9. The number of aliphatic hydroxyl groups excluding tert-OH is 1. The van der Waals surface area contributed by atoms with Crippen molar-refractivity contribution in [1.29, 1.82) is 0 Å². The molecule has 0 heterocycles. The number of aliphatic carboxylic acids is 1. The van der Waals surface area contributed by atoms with Gasteiger partial charge in [0.2, 0.25) is 5.91 Å². The van der Waals surface area contributed by atoms with Gasteiger partial charge < -0.3 is 25.6 Å². The Morgan fingerprint density at radius 1 is 0.969 bits per heavy atom. The maximum atomic E-state index is 12.1. The highest BCUT2D eigenvalue weighted by atomic mass is 16.5. The summed E-state index contributed by atoms with van der Waals surface area (Å²) in [6.07, 6.45) is 0.632. The highest BCUT2D eigenvalue weighted by molar-refractivity contribution is 5.83. The average molecular weight is 440 g/mol. The summed E-state index contributed by atoms with van der Waals surface area (Å²) < 4.78 is 5.45. The summed E-state index contributed by atoms with van der Waals surface area (Å²) in [6.45, 7) is 0.272. The lowest BCUT2D eigenvalue weighted by Gasteiger charge is -2.15. The number of unbranched alkanes of at least 4 members (excludes halogenated alkanes) is 1. The molecule has 8 nitrogen and oxygen atoms in total. The molecule has 2 aromatic carbocycles. The Morgan fingerprint density at radius 2 is 1.59 bits per heavy atom. The van der Waals surface area contributed by atoms with Gasteiger partial charge in [0.05, 0.1) is 0 Å². The van der Waals surface area contributed by atoms with Crippen LogP contribution in [0, 0.1) is 0 Å². The average Bonchev–Trinajstić information content (AvgIpc) is 3.11. The lowest BCUT2D eigenvalue weighted by molar-refractivity contribution is -0.142. The quantitative estimate of drug-likeness (QED) is 0.398.